The lowest BCUT2D eigenvalue weighted by atomic mass is 9.85. The summed E-state index contributed by atoms with van der Waals surface area (Å²) in [4.78, 5) is 0. The van der Waals surface area contributed by atoms with Gasteiger partial charge in [-0.25, -0.2) is 4.39 Å². The van der Waals surface area contributed by atoms with E-state index in [4.69, 9.17) is 9.47 Å². The minimum atomic E-state index is -0.222. The third-order valence-electron chi connectivity index (χ3n) is 6.39. The monoisotopic (exact) mass is 444 g/mol. The van der Waals surface area contributed by atoms with Crippen molar-refractivity contribution in [3.05, 3.63) is 95.4 Å². The van der Waals surface area contributed by atoms with Crippen LogP contribution in [0.5, 0.6) is 5.75 Å². The molecule has 4 aromatic rings. The molecule has 1 aliphatic heterocycles. The van der Waals surface area contributed by atoms with Crippen molar-refractivity contribution in [2.24, 2.45) is 0 Å². The smallest absolute Gasteiger partial charge is 0.268 e. The molecule has 0 aliphatic carbocycles. The van der Waals surface area contributed by atoms with Gasteiger partial charge in [0.15, 0.2) is 0 Å². The highest BCUT2D eigenvalue weighted by molar-refractivity contribution is 5.95. The van der Waals surface area contributed by atoms with Crippen LogP contribution < -0.4 is 9.47 Å². The molecule has 33 heavy (non-hydrogen) atoms. The van der Waals surface area contributed by atoms with Gasteiger partial charge in [0, 0.05) is 29.1 Å². The number of halogens is 1. The van der Waals surface area contributed by atoms with Gasteiger partial charge >= 0.3 is 0 Å². The molecule has 1 saturated heterocycles. The fourth-order valence-corrected chi connectivity index (χ4v) is 4.60. The first-order valence-electron chi connectivity index (χ1n) is 11.3. The van der Waals surface area contributed by atoms with Gasteiger partial charge in [0.05, 0.1) is 11.5 Å². The average Bonchev–Trinajstić information content (AvgIpc) is 2.86. The van der Waals surface area contributed by atoms with Crippen molar-refractivity contribution >= 4 is 10.9 Å². The first kappa shape index (κ1) is 21.4. The molecule has 1 aliphatic rings. The molecular weight excluding hydrogens is 417 g/mol. The number of fused-ring (bicyclic) bond motifs is 1. The van der Waals surface area contributed by atoms with Gasteiger partial charge in [-0.2, -0.15) is 0 Å². The molecule has 2 heterocycles. The number of aryl methyl sites for hydroxylation is 1. The van der Waals surface area contributed by atoms with Gasteiger partial charge in [-0.3, -0.25) is 5.21 Å². The van der Waals surface area contributed by atoms with Crippen LogP contribution in [0.1, 0.15) is 35.4 Å². The van der Waals surface area contributed by atoms with Crippen LogP contribution in [0, 0.1) is 12.7 Å². The maximum Gasteiger partial charge on any atom is 0.268 e. The van der Waals surface area contributed by atoms with Crippen LogP contribution in [-0.2, 0) is 11.3 Å². The van der Waals surface area contributed by atoms with Crippen LogP contribution in [0.25, 0.3) is 22.0 Å². The Kier molecular flexibility index (Phi) is 5.97. The van der Waals surface area contributed by atoms with Crippen LogP contribution in [0.2, 0.25) is 0 Å². The van der Waals surface area contributed by atoms with E-state index in [0.29, 0.717) is 36.7 Å². The fraction of sp³-hybridized carbons (Fsp3) is 0.250. The summed E-state index contributed by atoms with van der Waals surface area (Å²) in [6, 6.07) is 21.0. The van der Waals surface area contributed by atoms with Crippen molar-refractivity contribution in [1.82, 2.24) is 0 Å². The molecule has 1 fully saturated rings. The molecule has 3 aromatic carbocycles. The molecule has 0 atom stereocenters. The van der Waals surface area contributed by atoms with Crippen LogP contribution in [0.15, 0.2) is 72.9 Å². The second-order valence-electron chi connectivity index (χ2n) is 8.61. The lowest BCUT2D eigenvalue weighted by molar-refractivity contribution is -0.884. The van der Waals surface area contributed by atoms with E-state index in [9.17, 15) is 9.60 Å². The molecule has 4 nitrogen and oxygen atoms in total. The molecule has 0 unspecified atom stereocenters. The number of nitrogens with zero attached hydrogens (tertiary/aromatic N) is 1. The second-order valence-corrected chi connectivity index (χ2v) is 8.61. The first-order valence-corrected chi connectivity index (χ1v) is 11.3. The standard InChI is InChI=1S/C28H27FNO3/c1-19-15-22(7-10-26(19)29)28-24-9-8-23(33-18-20-5-3-2-4-6-20)16-27(24)30(31)17-25(28)21-11-13-32-14-12-21/h2-10,15-17,21,31H,11-14,18H2,1H3/q+1. The molecule has 0 spiro atoms. The molecule has 0 radical (unpaired) electrons. The van der Waals surface area contributed by atoms with Crippen molar-refractivity contribution in [3.8, 4) is 16.9 Å². The highest BCUT2D eigenvalue weighted by Gasteiger charge is 2.27. The third kappa shape index (κ3) is 4.41. The van der Waals surface area contributed by atoms with E-state index in [2.05, 4.69) is 0 Å². The molecule has 0 amide bonds. The van der Waals surface area contributed by atoms with Crippen molar-refractivity contribution in [1.29, 1.82) is 0 Å². The number of pyridine rings is 1. The van der Waals surface area contributed by atoms with Crippen molar-refractivity contribution in [2.75, 3.05) is 13.2 Å². The topological polar surface area (TPSA) is 42.6 Å². The van der Waals surface area contributed by atoms with Gasteiger partial charge in [-0.05, 0) is 66.6 Å². The van der Waals surface area contributed by atoms with Gasteiger partial charge in [-0.15, -0.1) is 0 Å². The van der Waals surface area contributed by atoms with Gasteiger partial charge < -0.3 is 9.47 Å². The van der Waals surface area contributed by atoms with Gasteiger partial charge in [-0.1, -0.05) is 36.4 Å². The predicted molar refractivity (Wildman–Crippen MR) is 125 cm³/mol. The first-order chi connectivity index (χ1) is 16.1. The Labute approximate surface area is 192 Å². The van der Waals surface area contributed by atoms with Gasteiger partial charge in [0.1, 0.15) is 18.2 Å². The Bertz CT molecular complexity index is 1280. The van der Waals surface area contributed by atoms with E-state index in [1.807, 2.05) is 60.7 Å². The minimum Gasteiger partial charge on any atom is -0.489 e. The van der Waals surface area contributed by atoms with E-state index in [1.165, 1.54) is 10.8 Å². The van der Waals surface area contributed by atoms with Crippen molar-refractivity contribution in [3.63, 3.8) is 0 Å². The summed E-state index contributed by atoms with van der Waals surface area (Å²) in [5.74, 6) is 0.713. The Hall–Kier alpha value is -3.44. The average molecular weight is 445 g/mol. The second kappa shape index (κ2) is 9.20. The molecule has 5 heteroatoms. The van der Waals surface area contributed by atoms with Crippen LogP contribution in [0.3, 0.4) is 0 Å². The summed E-state index contributed by atoms with van der Waals surface area (Å²) < 4.78 is 26.8. The zero-order valence-electron chi connectivity index (χ0n) is 18.6. The van der Waals surface area contributed by atoms with E-state index in [0.717, 1.165) is 40.5 Å². The van der Waals surface area contributed by atoms with Crippen molar-refractivity contribution < 1.29 is 23.8 Å². The summed E-state index contributed by atoms with van der Waals surface area (Å²) in [5, 5.41) is 11.8. The zero-order chi connectivity index (χ0) is 22.8. The van der Waals surface area contributed by atoms with Crippen LogP contribution in [-0.4, -0.2) is 18.4 Å². The lowest BCUT2D eigenvalue weighted by Crippen LogP contribution is -2.32. The summed E-state index contributed by atoms with van der Waals surface area (Å²) in [6.07, 6.45) is 3.57. The number of benzene rings is 3. The number of hydrogen-bond acceptors (Lipinski definition) is 3. The minimum absolute atomic E-state index is 0.222. The van der Waals surface area contributed by atoms with Gasteiger partial charge in [0.25, 0.3) is 5.52 Å². The third-order valence-corrected chi connectivity index (χ3v) is 6.39. The maximum absolute atomic E-state index is 14.0. The molecule has 0 saturated carbocycles. The summed E-state index contributed by atoms with van der Waals surface area (Å²) >= 11 is 0. The summed E-state index contributed by atoms with van der Waals surface area (Å²) in [7, 11) is 0. The quantitative estimate of drug-likeness (QED) is 0.305. The SMILES string of the molecule is Cc1cc(-c2c(C3CCOCC3)c[n+](O)c3cc(OCc4ccccc4)ccc23)ccc1F. The lowest BCUT2D eigenvalue weighted by Gasteiger charge is -2.24. The molecule has 0 bridgehead atoms. The van der Waals surface area contributed by atoms with E-state index in [1.54, 1.807) is 13.1 Å². The summed E-state index contributed by atoms with van der Waals surface area (Å²) in [5.41, 5.74) is 5.35. The molecule has 1 aromatic heterocycles. The number of aromatic nitrogens is 1. The number of ether oxygens (including phenoxy) is 2. The highest BCUT2D eigenvalue weighted by Crippen LogP contribution is 2.39. The Morgan fingerprint density at radius 2 is 1.82 bits per heavy atom. The Morgan fingerprint density at radius 3 is 2.58 bits per heavy atom. The van der Waals surface area contributed by atoms with E-state index >= 15 is 0 Å². The highest BCUT2D eigenvalue weighted by atomic mass is 19.1. The predicted octanol–water partition coefficient (Wildman–Crippen LogP) is 5.95. The van der Waals surface area contributed by atoms with Crippen LogP contribution in [0.4, 0.5) is 4.39 Å². The van der Waals surface area contributed by atoms with E-state index in [-0.39, 0.29) is 11.7 Å². The largest absolute Gasteiger partial charge is 0.489 e. The normalized spacial score (nSPS) is 14.5. The van der Waals surface area contributed by atoms with Crippen molar-refractivity contribution in [2.45, 2.75) is 32.3 Å². The zero-order valence-corrected chi connectivity index (χ0v) is 18.6. The molecule has 1 N–H and O–H groups in total. The molecule has 5 rings (SSSR count). The maximum atomic E-state index is 14.0. The summed E-state index contributed by atoms with van der Waals surface area (Å²) in [6.45, 7) is 3.62. The number of rotatable bonds is 5. The van der Waals surface area contributed by atoms with E-state index < -0.39 is 0 Å². The fourth-order valence-electron chi connectivity index (χ4n) is 4.60. The Balaban J connectivity index is 1.61. The molecule has 168 valence electrons. The number of hydrogen-bond donors (Lipinski definition) is 1. The van der Waals surface area contributed by atoms with Gasteiger partial charge in [0.2, 0.25) is 6.20 Å². The van der Waals surface area contributed by atoms with Crippen LogP contribution >= 0.6 is 0 Å². The molecular formula is C28H27FNO3+. The Morgan fingerprint density at radius 1 is 1.03 bits per heavy atom.